The summed E-state index contributed by atoms with van der Waals surface area (Å²) >= 11 is 5.88. The lowest BCUT2D eigenvalue weighted by atomic mass is 10.1. The zero-order valence-corrected chi connectivity index (χ0v) is 13.1. The van der Waals surface area contributed by atoms with Crippen LogP contribution in [0.15, 0.2) is 48.8 Å². The molecule has 0 spiro atoms. The van der Waals surface area contributed by atoms with Crippen molar-refractivity contribution >= 4 is 23.2 Å². The molecule has 1 atom stereocenters. The Balaban J connectivity index is 1.79. The van der Waals surface area contributed by atoms with Gasteiger partial charge in [0.2, 0.25) is 0 Å². The van der Waals surface area contributed by atoms with E-state index in [-0.39, 0.29) is 11.9 Å². The number of nitrogens with zero attached hydrogens (tertiary/aromatic N) is 2. The van der Waals surface area contributed by atoms with Gasteiger partial charge in [0.15, 0.2) is 0 Å². The summed E-state index contributed by atoms with van der Waals surface area (Å²) in [4.78, 5) is 16.7. The third-order valence-electron chi connectivity index (χ3n) is 3.57. The number of halogens is 1. The Hall–Kier alpha value is -2.33. The molecular weight excluding hydrogens is 298 g/mol. The number of amides is 1. The van der Waals surface area contributed by atoms with Crippen LogP contribution in [0.3, 0.4) is 0 Å². The van der Waals surface area contributed by atoms with Crippen LogP contribution in [0.25, 0.3) is 5.65 Å². The van der Waals surface area contributed by atoms with Gasteiger partial charge in [-0.15, -0.1) is 0 Å². The fraction of sp³-hybridized carbons (Fsp3) is 0.176. The minimum atomic E-state index is -0.191. The number of carbonyl (C=O) groups is 1. The third kappa shape index (κ3) is 2.97. The number of nitrogens with one attached hydrogen (secondary N) is 1. The number of fused-ring (bicyclic) bond motifs is 1. The van der Waals surface area contributed by atoms with Crippen LogP contribution in [0.1, 0.15) is 34.6 Å². The fourth-order valence-corrected chi connectivity index (χ4v) is 2.42. The fourth-order valence-electron chi connectivity index (χ4n) is 2.30. The number of aromatic nitrogens is 2. The van der Waals surface area contributed by atoms with Crippen molar-refractivity contribution in [1.82, 2.24) is 14.7 Å². The summed E-state index contributed by atoms with van der Waals surface area (Å²) in [6.07, 6.45) is 3.63. The summed E-state index contributed by atoms with van der Waals surface area (Å²) in [5.74, 6) is -0.191. The van der Waals surface area contributed by atoms with Gasteiger partial charge in [-0.3, -0.25) is 4.79 Å². The topological polar surface area (TPSA) is 46.4 Å². The summed E-state index contributed by atoms with van der Waals surface area (Å²) in [6.45, 7) is 3.93. The predicted molar refractivity (Wildman–Crippen MR) is 87.3 cm³/mol. The third-order valence-corrected chi connectivity index (χ3v) is 3.82. The molecule has 3 aromatic rings. The van der Waals surface area contributed by atoms with Gasteiger partial charge >= 0.3 is 0 Å². The summed E-state index contributed by atoms with van der Waals surface area (Å²) in [5, 5.41) is 3.63. The van der Waals surface area contributed by atoms with Crippen LogP contribution in [0.5, 0.6) is 0 Å². The highest BCUT2D eigenvalue weighted by atomic mass is 35.5. The molecule has 4 nitrogen and oxygen atoms in total. The molecule has 0 aliphatic carbocycles. The van der Waals surface area contributed by atoms with Crippen molar-refractivity contribution in [3.05, 3.63) is 70.6 Å². The van der Waals surface area contributed by atoms with Crippen molar-refractivity contribution in [3.63, 3.8) is 0 Å². The highest BCUT2D eigenvalue weighted by Crippen LogP contribution is 2.16. The first-order chi connectivity index (χ1) is 10.5. The van der Waals surface area contributed by atoms with Gasteiger partial charge in [-0.1, -0.05) is 23.7 Å². The van der Waals surface area contributed by atoms with E-state index in [1.165, 1.54) is 0 Å². The molecule has 0 fully saturated rings. The van der Waals surface area contributed by atoms with Crippen molar-refractivity contribution in [2.45, 2.75) is 19.9 Å². The van der Waals surface area contributed by atoms with Crippen molar-refractivity contribution in [3.8, 4) is 0 Å². The Morgan fingerprint density at radius 1 is 1.27 bits per heavy atom. The largest absolute Gasteiger partial charge is 0.344 e. The molecule has 5 heteroatoms. The Kier molecular flexibility index (Phi) is 3.86. The van der Waals surface area contributed by atoms with Crippen LogP contribution in [-0.2, 0) is 0 Å². The minimum absolute atomic E-state index is 0.115. The molecule has 1 N–H and O–H groups in total. The van der Waals surface area contributed by atoms with Crippen LogP contribution in [0, 0.1) is 6.92 Å². The average molecular weight is 314 g/mol. The standard InChI is InChI=1S/C17H16ClN3O/c1-11-7-8-21-10-15(20-16(21)9-11)17(22)19-12(2)13-3-5-14(18)6-4-13/h3-10,12H,1-2H3,(H,19,22). The second-order valence-electron chi connectivity index (χ2n) is 5.34. The van der Waals surface area contributed by atoms with Gasteiger partial charge in [0.05, 0.1) is 6.04 Å². The van der Waals surface area contributed by atoms with Crippen LogP contribution in [0.4, 0.5) is 0 Å². The van der Waals surface area contributed by atoms with Gasteiger partial charge < -0.3 is 9.72 Å². The Morgan fingerprint density at radius 3 is 2.73 bits per heavy atom. The SMILES string of the molecule is Cc1ccn2cc(C(=O)NC(C)c3ccc(Cl)cc3)nc2c1. The summed E-state index contributed by atoms with van der Waals surface area (Å²) in [6, 6.07) is 11.2. The van der Waals surface area contributed by atoms with E-state index < -0.39 is 0 Å². The molecule has 0 aliphatic heterocycles. The van der Waals surface area contributed by atoms with Crippen molar-refractivity contribution in [2.75, 3.05) is 0 Å². The molecule has 1 aromatic carbocycles. The van der Waals surface area contributed by atoms with Crippen LogP contribution >= 0.6 is 11.6 Å². The molecule has 1 unspecified atom stereocenters. The number of hydrogen-bond donors (Lipinski definition) is 1. The summed E-state index contributed by atoms with van der Waals surface area (Å²) < 4.78 is 1.84. The monoisotopic (exact) mass is 313 g/mol. The molecule has 0 bridgehead atoms. The maximum absolute atomic E-state index is 12.3. The first-order valence-corrected chi connectivity index (χ1v) is 7.42. The number of benzene rings is 1. The van der Waals surface area contributed by atoms with Gasteiger partial charge in [0.25, 0.3) is 5.91 Å². The lowest BCUT2D eigenvalue weighted by Crippen LogP contribution is -2.26. The minimum Gasteiger partial charge on any atom is -0.344 e. The molecule has 2 heterocycles. The van der Waals surface area contributed by atoms with Gasteiger partial charge in [0, 0.05) is 17.4 Å². The van der Waals surface area contributed by atoms with Gasteiger partial charge in [-0.25, -0.2) is 4.98 Å². The molecule has 0 aliphatic rings. The quantitative estimate of drug-likeness (QED) is 0.799. The lowest BCUT2D eigenvalue weighted by Gasteiger charge is -2.13. The van der Waals surface area contributed by atoms with Gasteiger partial charge in [-0.05, 0) is 49.2 Å². The zero-order chi connectivity index (χ0) is 15.7. The van der Waals surface area contributed by atoms with E-state index in [1.54, 1.807) is 6.20 Å². The summed E-state index contributed by atoms with van der Waals surface area (Å²) in [7, 11) is 0. The number of hydrogen-bond acceptors (Lipinski definition) is 2. The number of aryl methyl sites for hydroxylation is 1. The number of rotatable bonds is 3. The van der Waals surface area contributed by atoms with E-state index in [4.69, 9.17) is 11.6 Å². The summed E-state index contributed by atoms with van der Waals surface area (Å²) in [5.41, 5.74) is 3.28. The molecule has 3 rings (SSSR count). The maximum atomic E-state index is 12.3. The van der Waals surface area contributed by atoms with Crippen LogP contribution in [-0.4, -0.2) is 15.3 Å². The normalized spacial score (nSPS) is 12.3. The first-order valence-electron chi connectivity index (χ1n) is 7.04. The molecule has 2 aromatic heterocycles. The molecule has 0 saturated heterocycles. The van der Waals surface area contributed by atoms with E-state index in [9.17, 15) is 4.79 Å². The highest BCUT2D eigenvalue weighted by Gasteiger charge is 2.14. The Bertz CT molecular complexity index is 824. The van der Waals surface area contributed by atoms with Crippen molar-refractivity contribution in [1.29, 1.82) is 0 Å². The van der Waals surface area contributed by atoms with Crippen molar-refractivity contribution < 1.29 is 4.79 Å². The molecule has 22 heavy (non-hydrogen) atoms. The smallest absolute Gasteiger partial charge is 0.271 e. The zero-order valence-electron chi connectivity index (χ0n) is 12.4. The first kappa shape index (κ1) is 14.6. The maximum Gasteiger partial charge on any atom is 0.271 e. The van der Waals surface area contributed by atoms with Crippen LogP contribution in [0.2, 0.25) is 5.02 Å². The van der Waals surface area contributed by atoms with Crippen molar-refractivity contribution in [2.24, 2.45) is 0 Å². The molecule has 0 radical (unpaired) electrons. The van der Waals surface area contributed by atoms with Gasteiger partial charge in [-0.2, -0.15) is 0 Å². The lowest BCUT2D eigenvalue weighted by molar-refractivity contribution is 0.0935. The van der Waals surface area contributed by atoms with E-state index in [2.05, 4.69) is 10.3 Å². The van der Waals surface area contributed by atoms with E-state index >= 15 is 0 Å². The average Bonchev–Trinajstić information content (AvgIpc) is 2.91. The van der Waals surface area contributed by atoms with Gasteiger partial charge in [0.1, 0.15) is 11.3 Å². The second-order valence-corrected chi connectivity index (χ2v) is 5.78. The van der Waals surface area contributed by atoms with E-state index in [0.717, 1.165) is 16.8 Å². The predicted octanol–water partition coefficient (Wildman–Crippen LogP) is 3.79. The number of imidazole rings is 1. The van der Waals surface area contributed by atoms with E-state index in [1.807, 2.05) is 60.8 Å². The Morgan fingerprint density at radius 2 is 2.00 bits per heavy atom. The molecule has 1 amide bonds. The second kappa shape index (κ2) is 5.81. The van der Waals surface area contributed by atoms with E-state index in [0.29, 0.717) is 10.7 Å². The number of carbonyl (C=O) groups excluding carboxylic acids is 1. The molecule has 0 saturated carbocycles. The van der Waals surface area contributed by atoms with Crippen LogP contribution < -0.4 is 5.32 Å². The molecular formula is C17H16ClN3O. The molecule has 112 valence electrons. The Labute approximate surface area is 133 Å². The number of pyridine rings is 1. The highest BCUT2D eigenvalue weighted by molar-refractivity contribution is 6.30.